The number of carbonyl (C=O) groups excluding carboxylic acids is 1. The Hall–Kier alpha value is -0.180. The van der Waals surface area contributed by atoms with E-state index in [-0.39, 0.29) is 5.91 Å². The lowest BCUT2D eigenvalue weighted by Crippen LogP contribution is -2.36. The predicted octanol–water partition coefficient (Wildman–Crippen LogP) is 1.56. The van der Waals surface area contributed by atoms with Gasteiger partial charge in [-0.2, -0.15) is 12.6 Å². The molecule has 0 bridgehead atoms. The molecule has 0 unspecified atom stereocenters. The molecule has 66 valence electrons. The second-order valence-electron chi connectivity index (χ2n) is 2.75. The van der Waals surface area contributed by atoms with Crippen LogP contribution in [0, 0.1) is 0 Å². The van der Waals surface area contributed by atoms with Crippen molar-refractivity contribution in [2.24, 2.45) is 0 Å². The molecule has 0 aromatic heterocycles. The van der Waals surface area contributed by atoms with Gasteiger partial charge >= 0.3 is 0 Å². The van der Waals surface area contributed by atoms with E-state index in [0.717, 1.165) is 6.54 Å². The molecular formula is C8H17NOS. The fraction of sp³-hybridized carbons (Fsp3) is 0.875. The maximum atomic E-state index is 11.3. The van der Waals surface area contributed by atoms with Crippen molar-refractivity contribution < 1.29 is 4.79 Å². The molecule has 0 saturated carbocycles. The van der Waals surface area contributed by atoms with E-state index in [1.165, 1.54) is 0 Å². The Morgan fingerprint density at radius 3 is 2.36 bits per heavy atom. The molecule has 3 heteroatoms. The van der Waals surface area contributed by atoms with Crippen LogP contribution in [0.25, 0.3) is 0 Å². The lowest BCUT2D eigenvalue weighted by atomic mass is 10.3. The zero-order valence-electron chi connectivity index (χ0n) is 7.50. The maximum Gasteiger partial charge on any atom is 0.223 e. The lowest BCUT2D eigenvalue weighted by molar-refractivity contribution is -0.132. The molecular weight excluding hydrogens is 158 g/mol. The van der Waals surface area contributed by atoms with Gasteiger partial charge in [-0.25, -0.2) is 0 Å². The zero-order chi connectivity index (χ0) is 8.85. The van der Waals surface area contributed by atoms with Gasteiger partial charge in [-0.15, -0.1) is 0 Å². The summed E-state index contributed by atoms with van der Waals surface area (Å²) < 4.78 is 0. The summed E-state index contributed by atoms with van der Waals surface area (Å²) in [6.07, 6.45) is 0.551. The summed E-state index contributed by atoms with van der Waals surface area (Å²) in [5, 5.41) is 0. The van der Waals surface area contributed by atoms with Gasteiger partial charge in [0, 0.05) is 19.0 Å². The van der Waals surface area contributed by atoms with Crippen LogP contribution in [-0.2, 0) is 4.79 Å². The first-order valence-corrected chi connectivity index (χ1v) is 4.67. The molecule has 1 amide bonds. The van der Waals surface area contributed by atoms with Crippen LogP contribution in [0.15, 0.2) is 0 Å². The SMILES string of the molecule is CCN(C(=O)CCS)C(C)C. The second-order valence-corrected chi connectivity index (χ2v) is 3.19. The number of amides is 1. The van der Waals surface area contributed by atoms with Gasteiger partial charge in [0.2, 0.25) is 5.91 Å². The molecule has 0 aliphatic heterocycles. The highest BCUT2D eigenvalue weighted by atomic mass is 32.1. The van der Waals surface area contributed by atoms with Gasteiger partial charge in [-0.3, -0.25) is 4.79 Å². The molecule has 11 heavy (non-hydrogen) atoms. The minimum Gasteiger partial charge on any atom is -0.341 e. The molecule has 0 radical (unpaired) electrons. The summed E-state index contributed by atoms with van der Waals surface area (Å²) in [4.78, 5) is 13.2. The topological polar surface area (TPSA) is 20.3 Å². The summed E-state index contributed by atoms with van der Waals surface area (Å²) in [7, 11) is 0. The van der Waals surface area contributed by atoms with E-state index in [0.29, 0.717) is 18.2 Å². The van der Waals surface area contributed by atoms with Gasteiger partial charge in [-0.1, -0.05) is 0 Å². The van der Waals surface area contributed by atoms with Crippen molar-refractivity contribution in [2.45, 2.75) is 33.2 Å². The zero-order valence-corrected chi connectivity index (χ0v) is 8.40. The number of rotatable bonds is 4. The Morgan fingerprint density at radius 1 is 1.55 bits per heavy atom. The molecule has 0 atom stereocenters. The number of hydrogen-bond acceptors (Lipinski definition) is 2. The van der Waals surface area contributed by atoms with Crippen LogP contribution < -0.4 is 0 Å². The quantitative estimate of drug-likeness (QED) is 0.643. The molecule has 0 saturated heterocycles. The fourth-order valence-corrected chi connectivity index (χ4v) is 1.26. The molecule has 0 aliphatic carbocycles. The Morgan fingerprint density at radius 2 is 2.09 bits per heavy atom. The summed E-state index contributed by atoms with van der Waals surface area (Å²) in [5.41, 5.74) is 0. The van der Waals surface area contributed by atoms with Gasteiger partial charge in [-0.05, 0) is 26.5 Å². The highest BCUT2D eigenvalue weighted by Crippen LogP contribution is 2.01. The Labute approximate surface area is 74.4 Å². The molecule has 0 spiro atoms. The molecule has 0 aliphatic rings. The highest BCUT2D eigenvalue weighted by Gasteiger charge is 2.12. The van der Waals surface area contributed by atoms with Crippen molar-refractivity contribution in [3.05, 3.63) is 0 Å². The third-order valence-corrected chi connectivity index (χ3v) is 1.83. The average molecular weight is 175 g/mol. The monoisotopic (exact) mass is 175 g/mol. The largest absolute Gasteiger partial charge is 0.341 e. The van der Waals surface area contributed by atoms with Gasteiger partial charge in [0.05, 0.1) is 0 Å². The number of hydrogen-bond donors (Lipinski definition) is 1. The van der Waals surface area contributed by atoms with Crippen molar-refractivity contribution in [3.63, 3.8) is 0 Å². The van der Waals surface area contributed by atoms with Crippen molar-refractivity contribution in [2.75, 3.05) is 12.3 Å². The van der Waals surface area contributed by atoms with Crippen LogP contribution in [0.5, 0.6) is 0 Å². The van der Waals surface area contributed by atoms with Crippen LogP contribution >= 0.6 is 12.6 Å². The Bertz CT molecular complexity index is 125. The molecule has 0 heterocycles. The van der Waals surface area contributed by atoms with Crippen LogP contribution in [0.2, 0.25) is 0 Å². The fourth-order valence-electron chi connectivity index (χ4n) is 1.07. The minimum absolute atomic E-state index is 0.206. The van der Waals surface area contributed by atoms with Crippen LogP contribution in [0.4, 0.5) is 0 Å². The van der Waals surface area contributed by atoms with E-state index in [1.54, 1.807) is 0 Å². The van der Waals surface area contributed by atoms with E-state index < -0.39 is 0 Å². The predicted molar refractivity (Wildman–Crippen MR) is 51.0 cm³/mol. The lowest BCUT2D eigenvalue weighted by Gasteiger charge is -2.24. The standard InChI is InChI=1S/C8H17NOS/c1-4-9(7(2)3)8(10)5-6-11/h7,11H,4-6H2,1-3H3. The Kier molecular flexibility index (Phi) is 5.38. The third-order valence-electron chi connectivity index (χ3n) is 1.61. The molecule has 2 nitrogen and oxygen atoms in total. The van der Waals surface area contributed by atoms with Gasteiger partial charge < -0.3 is 4.90 Å². The maximum absolute atomic E-state index is 11.3. The van der Waals surface area contributed by atoms with Crippen molar-refractivity contribution in [1.82, 2.24) is 4.90 Å². The molecule has 0 N–H and O–H groups in total. The number of thiol groups is 1. The van der Waals surface area contributed by atoms with Gasteiger partial charge in [0.15, 0.2) is 0 Å². The van der Waals surface area contributed by atoms with E-state index in [9.17, 15) is 4.79 Å². The van der Waals surface area contributed by atoms with Crippen LogP contribution in [0.1, 0.15) is 27.2 Å². The van der Waals surface area contributed by atoms with Crippen LogP contribution in [0.3, 0.4) is 0 Å². The minimum atomic E-state index is 0.206. The van der Waals surface area contributed by atoms with Gasteiger partial charge in [0.25, 0.3) is 0 Å². The highest BCUT2D eigenvalue weighted by molar-refractivity contribution is 7.80. The first-order chi connectivity index (χ1) is 5.13. The normalized spacial score (nSPS) is 10.3. The van der Waals surface area contributed by atoms with Gasteiger partial charge in [0.1, 0.15) is 0 Å². The van der Waals surface area contributed by atoms with Crippen molar-refractivity contribution in [1.29, 1.82) is 0 Å². The number of nitrogens with zero attached hydrogens (tertiary/aromatic N) is 1. The van der Waals surface area contributed by atoms with E-state index >= 15 is 0 Å². The molecule has 0 rings (SSSR count). The molecule has 0 aromatic carbocycles. The molecule has 0 aromatic rings. The van der Waals surface area contributed by atoms with E-state index in [1.807, 2.05) is 25.7 Å². The van der Waals surface area contributed by atoms with E-state index in [2.05, 4.69) is 12.6 Å². The first kappa shape index (κ1) is 10.8. The van der Waals surface area contributed by atoms with Crippen LogP contribution in [-0.4, -0.2) is 29.1 Å². The second kappa shape index (κ2) is 5.47. The Balaban J connectivity index is 3.92. The number of carbonyl (C=O) groups is 1. The summed E-state index contributed by atoms with van der Waals surface area (Å²) in [6.45, 7) is 6.85. The smallest absolute Gasteiger partial charge is 0.223 e. The molecule has 0 fully saturated rings. The summed E-state index contributed by atoms with van der Waals surface area (Å²) in [5.74, 6) is 0.847. The average Bonchev–Trinajstić information content (AvgIpc) is 1.88. The third kappa shape index (κ3) is 3.65. The van der Waals surface area contributed by atoms with Crippen molar-refractivity contribution >= 4 is 18.5 Å². The van der Waals surface area contributed by atoms with Crippen molar-refractivity contribution in [3.8, 4) is 0 Å². The van der Waals surface area contributed by atoms with E-state index in [4.69, 9.17) is 0 Å². The summed E-state index contributed by atoms with van der Waals surface area (Å²) >= 11 is 4.01. The summed E-state index contributed by atoms with van der Waals surface area (Å²) in [6, 6.07) is 0.312. The first-order valence-electron chi connectivity index (χ1n) is 4.03.